The minimum Gasteiger partial charge on any atom is -0.459 e. The summed E-state index contributed by atoms with van der Waals surface area (Å²) in [5, 5.41) is 0. The number of rotatable bonds is 3. The molecule has 1 atom stereocenters. The van der Waals surface area contributed by atoms with Crippen molar-refractivity contribution in [1.82, 2.24) is 9.80 Å². The zero-order chi connectivity index (χ0) is 16.4. The third kappa shape index (κ3) is 2.80. The van der Waals surface area contributed by atoms with Gasteiger partial charge in [0.2, 0.25) is 5.91 Å². The van der Waals surface area contributed by atoms with E-state index < -0.39 is 0 Å². The molecule has 2 aliphatic heterocycles. The average molecular weight is 316 g/mol. The molecule has 0 unspecified atom stereocenters. The molecule has 124 valence electrons. The lowest BCUT2D eigenvalue weighted by molar-refractivity contribution is -0.143. The maximum atomic E-state index is 12.8. The van der Waals surface area contributed by atoms with Gasteiger partial charge in [-0.1, -0.05) is 6.08 Å². The van der Waals surface area contributed by atoms with Crippen LogP contribution in [0.3, 0.4) is 0 Å². The number of carbonyl (C=O) groups is 2. The van der Waals surface area contributed by atoms with E-state index in [2.05, 4.69) is 6.58 Å². The topological polar surface area (TPSA) is 53.8 Å². The number of likely N-dealkylation sites (tertiary alicyclic amines) is 2. The first-order chi connectivity index (χ1) is 11.1. The van der Waals surface area contributed by atoms with Gasteiger partial charge in [0.1, 0.15) is 0 Å². The molecule has 0 radical (unpaired) electrons. The first kappa shape index (κ1) is 15.8. The van der Waals surface area contributed by atoms with E-state index in [-0.39, 0.29) is 17.4 Å². The highest BCUT2D eigenvalue weighted by Crippen LogP contribution is 2.37. The molecule has 1 aromatic rings. The second-order valence-corrected chi connectivity index (χ2v) is 6.63. The van der Waals surface area contributed by atoms with Crippen molar-refractivity contribution >= 4 is 11.8 Å². The van der Waals surface area contributed by atoms with Crippen LogP contribution >= 0.6 is 0 Å². The monoisotopic (exact) mass is 316 g/mol. The Morgan fingerprint density at radius 1 is 1.43 bits per heavy atom. The minimum absolute atomic E-state index is 0.0665. The Bertz CT molecular complexity index is 618. The molecule has 0 saturated carbocycles. The fraction of sp³-hybridized carbons (Fsp3) is 0.556. The second-order valence-electron chi connectivity index (χ2n) is 6.63. The van der Waals surface area contributed by atoms with Crippen molar-refractivity contribution in [3.05, 3.63) is 36.3 Å². The van der Waals surface area contributed by atoms with Gasteiger partial charge in [0.15, 0.2) is 5.76 Å². The standard InChI is InChI=1S/C18H24N2O3/c1-3-10-20-15(21)6-4-8-18(20)9-5-11-19(13-18)17(22)16-14(2)7-12-23-16/h3,7,12H,1,4-6,8-11,13H2,2H3/t18-/m1/s1. The van der Waals surface area contributed by atoms with Crippen LogP contribution in [0.25, 0.3) is 0 Å². The predicted octanol–water partition coefficient (Wildman–Crippen LogP) is 2.76. The van der Waals surface area contributed by atoms with Crippen LogP contribution in [0.5, 0.6) is 0 Å². The summed E-state index contributed by atoms with van der Waals surface area (Å²) in [6, 6.07) is 1.81. The zero-order valence-corrected chi connectivity index (χ0v) is 13.7. The Hall–Kier alpha value is -2.04. The van der Waals surface area contributed by atoms with E-state index >= 15 is 0 Å². The van der Waals surface area contributed by atoms with Gasteiger partial charge in [-0.15, -0.1) is 6.58 Å². The lowest BCUT2D eigenvalue weighted by atomic mass is 9.79. The lowest BCUT2D eigenvalue weighted by Crippen LogP contribution is -2.63. The summed E-state index contributed by atoms with van der Waals surface area (Å²) >= 11 is 0. The maximum absolute atomic E-state index is 12.8. The van der Waals surface area contributed by atoms with Crippen LogP contribution < -0.4 is 0 Å². The number of hydrogen-bond acceptors (Lipinski definition) is 3. The first-order valence-electron chi connectivity index (χ1n) is 8.32. The predicted molar refractivity (Wildman–Crippen MR) is 87.1 cm³/mol. The van der Waals surface area contributed by atoms with Crippen LogP contribution in [-0.2, 0) is 4.79 Å². The molecule has 1 aromatic heterocycles. The molecule has 3 rings (SSSR count). The van der Waals surface area contributed by atoms with Gasteiger partial charge in [0.05, 0.1) is 11.8 Å². The minimum atomic E-state index is -0.238. The second kappa shape index (κ2) is 6.22. The molecule has 2 aliphatic rings. The smallest absolute Gasteiger partial charge is 0.289 e. The van der Waals surface area contributed by atoms with E-state index in [9.17, 15) is 9.59 Å². The van der Waals surface area contributed by atoms with E-state index in [1.807, 2.05) is 16.7 Å². The molecular weight excluding hydrogens is 292 g/mol. The molecule has 0 aliphatic carbocycles. The normalized spacial score (nSPS) is 25.0. The highest BCUT2D eigenvalue weighted by molar-refractivity contribution is 5.93. The number of amides is 2. The van der Waals surface area contributed by atoms with E-state index in [0.29, 0.717) is 25.3 Å². The summed E-state index contributed by atoms with van der Waals surface area (Å²) in [6.45, 7) is 7.53. The summed E-state index contributed by atoms with van der Waals surface area (Å²) < 4.78 is 5.36. The molecule has 2 amide bonds. The van der Waals surface area contributed by atoms with E-state index in [4.69, 9.17) is 4.42 Å². The van der Waals surface area contributed by atoms with Gasteiger partial charge >= 0.3 is 0 Å². The molecule has 5 nitrogen and oxygen atoms in total. The quantitative estimate of drug-likeness (QED) is 0.806. The number of furan rings is 1. The molecule has 0 bridgehead atoms. The van der Waals surface area contributed by atoms with Crippen molar-refractivity contribution in [2.75, 3.05) is 19.6 Å². The Labute approximate surface area is 136 Å². The number of nitrogens with zero attached hydrogens (tertiary/aromatic N) is 2. The van der Waals surface area contributed by atoms with Crippen molar-refractivity contribution in [3.8, 4) is 0 Å². The number of aryl methyl sites for hydroxylation is 1. The van der Waals surface area contributed by atoms with Gasteiger partial charge in [-0.05, 0) is 38.7 Å². The Morgan fingerprint density at radius 3 is 2.91 bits per heavy atom. The molecular formula is C18H24N2O3. The van der Waals surface area contributed by atoms with Gasteiger partial charge in [-0.25, -0.2) is 0 Å². The Morgan fingerprint density at radius 2 is 2.22 bits per heavy atom. The molecule has 1 spiro atoms. The van der Waals surface area contributed by atoms with E-state index in [0.717, 1.165) is 37.8 Å². The van der Waals surface area contributed by atoms with Gasteiger partial charge in [0, 0.05) is 31.6 Å². The summed E-state index contributed by atoms with van der Waals surface area (Å²) in [5.74, 6) is 0.530. The number of piperidine rings is 2. The highest BCUT2D eigenvalue weighted by atomic mass is 16.3. The van der Waals surface area contributed by atoms with Crippen molar-refractivity contribution in [2.45, 2.75) is 44.6 Å². The van der Waals surface area contributed by atoms with Crippen LogP contribution in [0.1, 0.15) is 48.2 Å². The van der Waals surface area contributed by atoms with Crippen LogP contribution in [0.4, 0.5) is 0 Å². The van der Waals surface area contributed by atoms with Crippen LogP contribution in [0.15, 0.2) is 29.4 Å². The van der Waals surface area contributed by atoms with Gasteiger partial charge in [-0.3, -0.25) is 9.59 Å². The average Bonchev–Trinajstić information content (AvgIpc) is 2.97. The highest BCUT2D eigenvalue weighted by Gasteiger charge is 2.45. The zero-order valence-electron chi connectivity index (χ0n) is 13.7. The summed E-state index contributed by atoms with van der Waals surface area (Å²) in [6.07, 6.45) is 7.64. The van der Waals surface area contributed by atoms with E-state index in [1.165, 1.54) is 0 Å². The Kier molecular flexibility index (Phi) is 4.28. The van der Waals surface area contributed by atoms with Crippen molar-refractivity contribution in [2.24, 2.45) is 0 Å². The largest absolute Gasteiger partial charge is 0.459 e. The fourth-order valence-corrected chi connectivity index (χ4v) is 3.97. The number of carbonyl (C=O) groups excluding carboxylic acids is 2. The van der Waals surface area contributed by atoms with E-state index in [1.54, 1.807) is 18.4 Å². The van der Waals surface area contributed by atoms with Gasteiger partial charge in [0.25, 0.3) is 5.91 Å². The van der Waals surface area contributed by atoms with Crippen molar-refractivity contribution in [3.63, 3.8) is 0 Å². The maximum Gasteiger partial charge on any atom is 0.289 e. The molecule has 2 fully saturated rings. The first-order valence-corrected chi connectivity index (χ1v) is 8.32. The van der Waals surface area contributed by atoms with Crippen LogP contribution in [-0.4, -0.2) is 46.8 Å². The third-order valence-electron chi connectivity index (χ3n) is 5.12. The molecule has 2 saturated heterocycles. The summed E-state index contributed by atoms with van der Waals surface area (Å²) in [5.41, 5.74) is 0.620. The Balaban J connectivity index is 1.84. The van der Waals surface area contributed by atoms with Crippen molar-refractivity contribution < 1.29 is 14.0 Å². The van der Waals surface area contributed by atoms with Gasteiger partial charge in [-0.2, -0.15) is 0 Å². The molecule has 3 heterocycles. The van der Waals surface area contributed by atoms with Crippen molar-refractivity contribution in [1.29, 1.82) is 0 Å². The summed E-state index contributed by atoms with van der Waals surface area (Å²) in [7, 11) is 0. The lowest BCUT2D eigenvalue weighted by Gasteiger charge is -2.51. The molecule has 5 heteroatoms. The summed E-state index contributed by atoms with van der Waals surface area (Å²) in [4.78, 5) is 28.9. The molecule has 0 aromatic carbocycles. The molecule has 0 N–H and O–H groups in total. The molecule has 23 heavy (non-hydrogen) atoms. The number of hydrogen-bond donors (Lipinski definition) is 0. The van der Waals surface area contributed by atoms with Crippen LogP contribution in [0, 0.1) is 6.92 Å². The third-order valence-corrected chi connectivity index (χ3v) is 5.12. The fourth-order valence-electron chi connectivity index (χ4n) is 3.97. The van der Waals surface area contributed by atoms with Crippen LogP contribution in [0.2, 0.25) is 0 Å². The SMILES string of the molecule is C=CCN1C(=O)CCC[C@]12CCCN(C(=O)c1occc1C)C2. The van der Waals surface area contributed by atoms with Gasteiger partial charge < -0.3 is 14.2 Å².